The topological polar surface area (TPSA) is 156 Å². The Kier molecular flexibility index (Phi) is 13.7. The molecule has 0 saturated heterocycles. The summed E-state index contributed by atoms with van der Waals surface area (Å²) in [6, 6.07) is 21.7. The van der Waals surface area contributed by atoms with E-state index in [9.17, 15) is 23.1 Å². The molecule has 0 heterocycles. The van der Waals surface area contributed by atoms with Crippen LogP contribution in [-0.2, 0) is 19.6 Å². The van der Waals surface area contributed by atoms with Gasteiger partial charge in [-0.05, 0) is 60.6 Å². The van der Waals surface area contributed by atoms with Gasteiger partial charge in [0.25, 0.3) is 0 Å². The number of aliphatic hydroxyl groups is 1. The minimum Gasteiger partial charge on any atom is -0.452 e. The fourth-order valence-electron chi connectivity index (χ4n) is 5.26. The van der Waals surface area contributed by atoms with E-state index in [0.29, 0.717) is 17.0 Å². The first-order valence-electron chi connectivity index (χ1n) is 15.3. The van der Waals surface area contributed by atoms with Crippen molar-refractivity contribution in [3.05, 3.63) is 96.1 Å². The van der Waals surface area contributed by atoms with Gasteiger partial charge in [-0.1, -0.05) is 74.5 Å². The Bertz CT molecular complexity index is 1450. The summed E-state index contributed by atoms with van der Waals surface area (Å²) in [5.41, 5.74) is 14.1. The smallest absolute Gasteiger partial charge is 0.416 e. The van der Waals surface area contributed by atoms with Gasteiger partial charge in [-0.3, -0.25) is 4.79 Å². The number of imide groups is 1. The molecule has 250 valence electrons. The van der Waals surface area contributed by atoms with Crippen molar-refractivity contribution in [1.29, 1.82) is 0 Å². The van der Waals surface area contributed by atoms with Gasteiger partial charge in [0.2, 0.25) is 15.9 Å². The normalized spacial score (nSPS) is 13.8. The summed E-state index contributed by atoms with van der Waals surface area (Å²) in [7, 11) is -2.97. The molecule has 46 heavy (non-hydrogen) atoms. The summed E-state index contributed by atoms with van der Waals surface area (Å²) in [5, 5.41) is 10.3. The molecular weight excluding hydrogens is 611 g/mol. The number of amides is 2. The number of hydrogen-bond acceptors (Lipinski definition) is 8. The molecule has 12 heteroatoms. The van der Waals surface area contributed by atoms with Gasteiger partial charge in [-0.25, -0.2) is 22.5 Å². The van der Waals surface area contributed by atoms with Crippen LogP contribution in [-0.4, -0.2) is 79.8 Å². The number of aliphatic hydroxyl groups excluding tert-OH is 1. The fourth-order valence-corrected chi connectivity index (χ4v) is 6.92. The summed E-state index contributed by atoms with van der Waals surface area (Å²) >= 11 is 0. The minimum absolute atomic E-state index is 0.00328. The van der Waals surface area contributed by atoms with Gasteiger partial charge >= 0.3 is 6.09 Å². The second kappa shape index (κ2) is 17.2. The quantitative estimate of drug-likeness (QED) is 0.190. The SMILES string of the molecule is COC(=O)N(C[C@H](F)CC[C@@H](CO)N(CCC(C)C)S(=O)(=O)c1ccc(N)cc1)C(=O)[C@@H](N)C(c1ccccc1)c1ccccc1. The molecule has 3 atom stereocenters. The van der Waals surface area contributed by atoms with Gasteiger partial charge < -0.3 is 21.3 Å². The molecule has 5 N–H and O–H groups in total. The lowest BCUT2D eigenvalue weighted by Gasteiger charge is -2.31. The molecule has 0 fully saturated rings. The van der Waals surface area contributed by atoms with Crippen molar-refractivity contribution in [3.8, 4) is 0 Å². The van der Waals surface area contributed by atoms with E-state index in [4.69, 9.17) is 16.2 Å². The number of anilines is 1. The fraction of sp³-hybridized carbons (Fsp3) is 0.412. The molecule has 10 nitrogen and oxygen atoms in total. The zero-order valence-corrected chi connectivity index (χ0v) is 27.4. The number of alkyl halides is 1. The maximum atomic E-state index is 15.7. The third-order valence-electron chi connectivity index (χ3n) is 7.85. The van der Waals surface area contributed by atoms with Gasteiger partial charge in [0.1, 0.15) is 6.17 Å². The highest BCUT2D eigenvalue weighted by molar-refractivity contribution is 7.89. The summed E-state index contributed by atoms with van der Waals surface area (Å²) in [5.74, 6) is -1.29. The Morgan fingerprint density at radius 3 is 1.91 bits per heavy atom. The summed E-state index contributed by atoms with van der Waals surface area (Å²) in [6.45, 7) is 2.78. The third-order valence-corrected chi connectivity index (χ3v) is 9.81. The molecule has 0 aliphatic rings. The number of sulfonamides is 1. The molecule has 0 aliphatic carbocycles. The van der Waals surface area contributed by atoms with E-state index in [-0.39, 0.29) is 30.2 Å². The molecule has 2 amide bonds. The molecule has 0 radical (unpaired) electrons. The van der Waals surface area contributed by atoms with E-state index in [0.717, 1.165) is 18.2 Å². The molecule has 3 aromatic rings. The van der Waals surface area contributed by atoms with E-state index >= 15 is 4.39 Å². The number of nitrogen functional groups attached to an aromatic ring is 1. The summed E-state index contributed by atoms with van der Waals surface area (Å²) < 4.78 is 48.9. The third kappa shape index (κ3) is 9.58. The monoisotopic (exact) mass is 656 g/mol. The van der Waals surface area contributed by atoms with Crippen LogP contribution in [0.5, 0.6) is 0 Å². The Morgan fingerprint density at radius 1 is 0.891 bits per heavy atom. The highest BCUT2D eigenvalue weighted by Crippen LogP contribution is 2.29. The van der Waals surface area contributed by atoms with Crippen LogP contribution in [0.4, 0.5) is 14.9 Å². The summed E-state index contributed by atoms with van der Waals surface area (Å²) in [4.78, 5) is 27.2. The maximum absolute atomic E-state index is 15.7. The molecule has 3 aromatic carbocycles. The molecule has 0 spiro atoms. The number of rotatable bonds is 16. The van der Waals surface area contributed by atoms with Gasteiger partial charge in [0.05, 0.1) is 31.2 Å². The first-order valence-corrected chi connectivity index (χ1v) is 16.7. The van der Waals surface area contributed by atoms with Gasteiger partial charge in [0.15, 0.2) is 0 Å². The first kappa shape index (κ1) is 36.6. The van der Waals surface area contributed by atoms with Crippen LogP contribution < -0.4 is 11.5 Å². The van der Waals surface area contributed by atoms with Crippen molar-refractivity contribution in [2.75, 3.05) is 32.5 Å². The number of halogens is 1. The molecule has 0 saturated carbocycles. The zero-order valence-electron chi connectivity index (χ0n) is 26.5. The maximum Gasteiger partial charge on any atom is 0.416 e. The second-order valence-electron chi connectivity index (χ2n) is 11.6. The van der Waals surface area contributed by atoms with E-state index in [1.807, 2.05) is 74.5 Å². The summed E-state index contributed by atoms with van der Waals surface area (Å²) in [6.07, 6.45) is -2.64. The van der Waals surface area contributed by atoms with Crippen LogP contribution in [0, 0.1) is 5.92 Å². The van der Waals surface area contributed by atoms with E-state index in [1.165, 1.54) is 28.6 Å². The van der Waals surface area contributed by atoms with Crippen LogP contribution in [0.3, 0.4) is 0 Å². The Labute approximate surface area is 271 Å². The zero-order chi connectivity index (χ0) is 33.9. The molecule has 0 aromatic heterocycles. The Hall–Kier alpha value is -3.84. The predicted octanol–water partition coefficient (Wildman–Crippen LogP) is 4.54. The van der Waals surface area contributed by atoms with Crippen molar-refractivity contribution >= 4 is 27.7 Å². The van der Waals surface area contributed by atoms with Crippen molar-refractivity contribution in [2.24, 2.45) is 11.7 Å². The van der Waals surface area contributed by atoms with Crippen LogP contribution >= 0.6 is 0 Å². The van der Waals surface area contributed by atoms with Crippen LogP contribution in [0.25, 0.3) is 0 Å². The molecule has 3 rings (SSSR count). The number of ether oxygens (including phenoxy) is 1. The van der Waals surface area contributed by atoms with Gasteiger partial charge in [-0.15, -0.1) is 0 Å². The van der Waals surface area contributed by atoms with E-state index < -0.39 is 59.3 Å². The van der Waals surface area contributed by atoms with Crippen molar-refractivity contribution < 1.29 is 32.2 Å². The number of carbonyl (C=O) groups excluding carboxylic acids is 2. The van der Waals surface area contributed by atoms with E-state index in [1.54, 1.807) is 0 Å². The lowest BCUT2D eigenvalue weighted by atomic mass is 9.85. The first-order chi connectivity index (χ1) is 21.9. The average Bonchev–Trinajstić information content (AvgIpc) is 3.05. The number of methoxy groups -OCH3 is 1. The largest absolute Gasteiger partial charge is 0.452 e. The molecule has 0 bridgehead atoms. The standard InChI is InChI=1S/C34H45FN4O6S/c1-24(2)20-21-39(46(43,44)30-18-15-28(36)16-19-30)29(23-40)17-14-27(35)22-38(34(42)45-3)33(41)32(37)31(25-10-6-4-7-11-25)26-12-8-5-9-13-26/h4-13,15-16,18-19,24,27,29,31-32,40H,14,17,20-23,36-37H2,1-3H3/t27-,29+,32+/m1/s1. The molecular formula is C34H45FN4O6S. The van der Waals surface area contributed by atoms with Crippen molar-refractivity contribution in [3.63, 3.8) is 0 Å². The number of carbonyl (C=O) groups is 2. The van der Waals surface area contributed by atoms with Crippen molar-refractivity contribution in [1.82, 2.24) is 9.21 Å². The van der Waals surface area contributed by atoms with Gasteiger partial charge in [0, 0.05) is 24.2 Å². The second-order valence-corrected chi connectivity index (χ2v) is 13.5. The average molecular weight is 657 g/mol. The minimum atomic E-state index is -4.06. The molecule has 0 aliphatic heterocycles. The number of nitrogens with zero attached hydrogens (tertiary/aromatic N) is 2. The number of nitrogens with two attached hydrogens (primary N) is 2. The highest BCUT2D eigenvalue weighted by atomic mass is 32.2. The van der Waals surface area contributed by atoms with E-state index in [2.05, 4.69) is 0 Å². The lowest BCUT2D eigenvalue weighted by molar-refractivity contribution is -0.131. The Morgan fingerprint density at radius 2 is 1.43 bits per heavy atom. The lowest BCUT2D eigenvalue weighted by Crippen LogP contribution is -2.51. The number of hydrogen-bond donors (Lipinski definition) is 3. The molecule has 0 unspecified atom stereocenters. The van der Waals surface area contributed by atoms with Gasteiger partial charge in [-0.2, -0.15) is 4.31 Å². The van der Waals surface area contributed by atoms with Crippen LogP contribution in [0.2, 0.25) is 0 Å². The van der Waals surface area contributed by atoms with Crippen LogP contribution in [0.1, 0.15) is 50.2 Å². The predicted molar refractivity (Wildman–Crippen MR) is 176 cm³/mol. The Balaban J connectivity index is 1.81. The van der Waals surface area contributed by atoms with Crippen molar-refractivity contribution in [2.45, 2.75) is 62.2 Å². The number of benzene rings is 3. The van der Waals surface area contributed by atoms with Crippen LogP contribution in [0.15, 0.2) is 89.8 Å². The highest BCUT2D eigenvalue weighted by Gasteiger charge is 2.36.